The molecule has 1 unspecified atom stereocenters. The molecular formula is C28H26ClNO7. The molecule has 0 spiro atoms. The molecule has 0 radical (unpaired) electrons. The summed E-state index contributed by atoms with van der Waals surface area (Å²) in [6.45, 7) is 0.197. The molecule has 3 aromatic carbocycles. The maximum absolute atomic E-state index is 13.3. The molecule has 1 aliphatic heterocycles. The van der Waals surface area contributed by atoms with Gasteiger partial charge in [0.1, 0.15) is 35.4 Å². The van der Waals surface area contributed by atoms with Crippen molar-refractivity contribution >= 4 is 29.1 Å². The lowest BCUT2D eigenvalue weighted by Crippen LogP contribution is -2.33. The molecular weight excluding hydrogens is 498 g/mol. The fourth-order valence-electron chi connectivity index (χ4n) is 4.21. The van der Waals surface area contributed by atoms with Gasteiger partial charge in [-0.15, -0.1) is 0 Å². The predicted molar refractivity (Wildman–Crippen MR) is 138 cm³/mol. The third-order valence-corrected chi connectivity index (χ3v) is 6.26. The first-order valence-corrected chi connectivity index (χ1v) is 11.8. The summed E-state index contributed by atoms with van der Waals surface area (Å²) in [5.41, 5.74) is 0.712. The minimum Gasteiger partial charge on any atom is -0.507 e. The fourth-order valence-corrected chi connectivity index (χ4v) is 4.39. The smallest absolute Gasteiger partial charge is 0.295 e. The van der Waals surface area contributed by atoms with E-state index in [-0.39, 0.29) is 30.0 Å². The number of rotatable bonds is 9. The van der Waals surface area contributed by atoms with Gasteiger partial charge in [-0.3, -0.25) is 9.59 Å². The van der Waals surface area contributed by atoms with E-state index in [9.17, 15) is 14.7 Å². The minimum absolute atomic E-state index is 0.0803. The lowest BCUT2D eigenvalue weighted by atomic mass is 9.95. The normalized spacial score (nSPS) is 16.5. The summed E-state index contributed by atoms with van der Waals surface area (Å²) in [7, 11) is 4.54. The molecule has 8 nitrogen and oxygen atoms in total. The summed E-state index contributed by atoms with van der Waals surface area (Å²) in [6, 6.07) is 17.8. The van der Waals surface area contributed by atoms with Crippen molar-refractivity contribution in [2.24, 2.45) is 0 Å². The maximum Gasteiger partial charge on any atom is 0.295 e. The summed E-state index contributed by atoms with van der Waals surface area (Å²) in [5.74, 6) is 0.152. The van der Waals surface area contributed by atoms with Crippen LogP contribution in [0.4, 0.5) is 0 Å². The topological polar surface area (TPSA) is 94.5 Å². The Bertz CT molecular complexity index is 1340. The van der Waals surface area contributed by atoms with E-state index in [1.165, 1.54) is 25.2 Å². The summed E-state index contributed by atoms with van der Waals surface area (Å²) in [5, 5.41) is 11.7. The van der Waals surface area contributed by atoms with Gasteiger partial charge >= 0.3 is 0 Å². The van der Waals surface area contributed by atoms with Crippen molar-refractivity contribution in [1.29, 1.82) is 0 Å². The Morgan fingerprint density at radius 2 is 1.59 bits per heavy atom. The molecule has 0 saturated carbocycles. The van der Waals surface area contributed by atoms with Crippen molar-refractivity contribution < 1.29 is 33.6 Å². The second kappa shape index (κ2) is 11.3. The van der Waals surface area contributed by atoms with E-state index in [4.69, 9.17) is 30.5 Å². The molecule has 9 heteroatoms. The Morgan fingerprint density at radius 1 is 0.892 bits per heavy atom. The first kappa shape index (κ1) is 25.9. The number of Topliss-reactive ketones (excluding diaryl/α,β-unsaturated/α-hetero) is 1. The second-order valence-electron chi connectivity index (χ2n) is 8.14. The van der Waals surface area contributed by atoms with Crippen LogP contribution in [-0.4, -0.2) is 56.2 Å². The summed E-state index contributed by atoms with van der Waals surface area (Å²) < 4.78 is 21.7. The van der Waals surface area contributed by atoms with Gasteiger partial charge < -0.3 is 29.0 Å². The molecule has 1 atom stereocenters. The lowest BCUT2D eigenvalue weighted by molar-refractivity contribution is -0.140. The van der Waals surface area contributed by atoms with Crippen LogP contribution in [0.2, 0.25) is 5.02 Å². The monoisotopic (exact) mass is 523 g/mol. The number of ether oxygens (including phenoxy) is 4. The van der Waals surface area contributed by atoms with Gasteiger partial charge in [0.05, 0.1) is 45.1 Å². The molecule has 192 valence electrons. The Labute approximate surface area is 219 Å². The Balaban J connectivity index is 1.73. The number of ketones is 1. The van der Waals surface area contributed by atoms with Crippen LogP contribution < -0.4 is 18.9 Å². The molecule has 1 amide bonds. The van der Waals surface area contributed by atoms with E-state index in [0.717, 1.165) is 0 Å². The molecule has 0 aliphatic carbocycles. The summed E-state index contributed by atoms with van der Waals surface area (Å²) in [4.78, 5) is 27.9. The van der Waals surface area contributed by atoms with Crippen molar-refractivity contribution in [2.45, 2.75) is 6.04 Å². The summed E-state index contributed by atoms with van der Waals surface area (Å²) >= 11 is 6.16. The van der Waals surface area contributed by atoms with Gasteiger partial charge in [-0.25, -0.2) is 0 Å². The van der Waals surface area contributed by atoms with Gasteiger partial charge in [0.25, 0.3) is 11.7 Å². The van der Waals surface area contributed by atoms with Crippen molar-refractivity contribution in [2.75, 3.05) is 34.5 Å². The van der Waals surface area contributed by atoms with E-state index in [0.29, 0.717) is 33.6 Å². The predicted octanol–water partition coefficient (Wildman–Crippen LogP) is 4.87. The Kier molecular flexibility index (Phi) is 7.89. The number of hydrogen-bond acceptors (Lipinski definition) is 7. The molecule has 0 bridgehead atoms. The van der Waals surface area contributed by atoms with Crippen LogP contribution in [0.25, 0.3) is 5.76 Å². The number of likely N-dealkylation sites (tertiary alicyclic amines) is 1. The number of halogens is 1. The zero-order valence-corrected chi connectivity index (χ0v) is 21.3. The number of aliphatic hydroxyl groups is 1. The van der Waals surface area contributed by atoms with Crippen LogP contribution in [0, 0.1) is 0 Å². The van der Waals surface area contributed by atoms with Gasteiger partial charge in [0, 0.05) is 5.02 Å². The second-order valence-corrected chi connectivity index (χ2v) is 8.57. The highest BCUT2D eigenvalue weighted by Gasteiger charge is 2.46. The zero-order chi connectivity index (χ0) is 26.5. The van der Waals surface area contributed by atoms with Gasteiger partial charge in [0.15, 0.2) is 0 Å². The number of nitrogens with zero attached hydrogens (tertiary/aromatic N) is 1. The highest BCUT2D eigenvalue weighted by atomic mass is 35.5. The van der Waals surface area contributed by atoms with E-state index in [2.05, 4.69) is 0 Å². The van der Waals surface area contributed by atoms with Crippen LogP contribution in [-0.2, 0) is 9.59 Å². The zero-order valence-electron chi connectivity index (χ0n) is 20.6. The highest BCUT2D eigenvalue weighted by molar-refractivity contribution is 6.46. The fraction of sp³-hybridized carbons (Fsp3) is 0.214. The van der Waals surface area contributed by atoms with Crippen LogP contribution in [0.15, 0.2) is 72.3 Å². The minimum atomic E-state index is -0.891. The van der Waals surface area contributed by atoms with Gasteiger partial charge in [-0.2, -0.15) is 0 Å². The maximum atomic E-state index is 13.3. The third-order valence-electron chi connectivity index (χ3n) is 6.03. The van der Waals surface area contributed by atoms with Crippen LogP contribution in [0.1, 0.15) is 17.2 Å². The van der Waals surface area contributed by atoms with Crippen molar-refractivity contribution in [3.8, 4) is 23.0 Å². The third kappa shape index (κ3) is 5.34. The van der Waals surface area contributed by atoms with E-state index in [1.54, 1.807) is 67.8 Å². The molecule has 1 aliphatic rings. The highest BCUT2D eigenvalue weighted by Crippen LogP contribution is 2.42. The average Bonchev–Trinajstić information content (AvgIpc) is 3.18. The standard InChI is InChI=1S/C28H26ClNO7/c1-34-19-8-10-20(11-9-19)37-14-13-30-25(17-5-4-6-21(15-17)35-2)24(27(32)28(30)33)26(31)22-16-18(29)7-12-23(22)36-3/h4-12,15-16,25,31H,13-14H2,1-3H3/b26-24+. The van der Waals surface area contributed by atoms with Crippen molar-refractivity contribution in [1.82, 2.24) is 4.90 Å². The SMILES string of the molecule is COc1ccc(OCCN2C(=O)C(=O)/C(=C(/O)c3cc(Cl)ccc3OC)C2c2cccc(OC)c2)cc1. The largest absolute Gasteiger partial charge is 0.507 e. The first-order valence-electron chi connectivity index (χ1n) is 11.4. The molecule has 1 heterocycles. The number of amides is 1. The first-order chi connectivity index (χ1) is 17.9. The lowest BCUT2D eigenvalue weighted by Gasteiger charge is -2.25. The number of methoxy groups -OCH3 is 3. The number of aliphatic hydroxyl groups excluding tert-OH is 1. The molecule has 1 N–H and O–H groups in total. The van der Waals surface area contributed by atoms with Crippen LogP contribution >= 0.6 is 11.6 Å². The van der Waals surface area contributed by atoms with Crippen LogP contribution in [0.3, 0.4) is 0 Å². The van der Waals surface area contributed by atoms with E-state index >= 15 is 0 Å². The van der Waals surface area contributed by atoms with E-state index < -0.39 is 17.7 Å². The number of carbonyl (C=O) groups is 2. The quantitative estimate of drug-likeness (QED) is 0.243. The average molecular weight is 524 g/mol. The molecule has 0 aromatic heterocycles. The van der Waals surface area contributed by atoms with Gasteiger partial charge in [0.2, 0.25) is 0 Å². The van der Waals surface area contributed by atoms with Crippen LogP contribution in [0.5, 0.6) is 23.0 Å². The number of hydrogen-bond donors (Lipinski definition) is 1. The number of carbonyl (C=O) groups excluding carboxylic acids is 2. The van der Waals surface area contributed by atoms with Gasteiger partial charge in [-0.1, -0.05) is 23.7 Å². The summed E-state index contributed by atoms with van der Waals surface area (Å²) in [6.07, 6.45) is 0. The molecule has 1 saturated heterocycles. The van der Waals surface area contributed by atoms with E-state index in [1.807, 2.05) is 0 Å². The molecule has 37 heavy (non-hydrogen) atoms. The Hall–Kier alpha value is -4.17. The van der Waals surface area contributed by atoms with Crippen molar-refractivity contribution in [3.05, 3.63) is 88.5 Å². The molecule has 3 aromatic rings. The van der Waals surface area contributed by atoms with Gasteiger partial charge in [-0.05, 0) is 60.2 Å². The number of benzene rings is 3. The Morgan fingerprint density at radius 3 is 2.27 bits per heavy atom. The molecule has 4 rings (SSSR count). The van der Waals surface area contributed by atoms with Crippen molar-refractivity contribution in [3.63, 3.8) is 0 Å². The molecule has 1 fully saturated rings.